The smallest absolute Gasteiger partial charge is 0.140 e. The molecular formula is C24H30O2. The van der Waals surface area contributed by atoms with E-state index in [-0.39, 0.29) is 5.92 Å². The van der Waals surface area contributed by atoms with Gasteiger partial charge in [0.2, 0.25) is 0 Å². The molecule has 138 valence electrons. The number of methoxy groups -OCH3 is 1. The number of ether oxygens (including phenoxy) is 1. The molecule has 2 heteroatoms. The van der Waals surface area contributed by atoms with Gasteiger partial charge in [-0.05, 0) is 42.2 Å². The van der Waals surface area contributed by atoms with E-state index in [9.17, 15) is 4.79 Å². The highest BCUT2D eigenvalue weighted by atomic mass is 16.5. The molecule has 0 saturated heterocycles. The average Bonchev–Trinajstić information content (AvgIpc) is 2.68. The van der Waals surface area contributed by atoms with Gasteiger partial charge < -0.3 is 4.74 Å². The Morgan fingerprint density at radius 3 is 2.35 bits per heavy atom. The fourth-order valence-corrected chi connectivity index (χ4v) is 2.77. The first kappa shape index (κ1) is 21.4. The maximum atomic E-state index is 11.5. The summed E-state index contributed by atoms with van der Waals surface area (Å²) in [5.74, 6) is 1.37. The molecule has 0 fully saturated rings. The molecule has 2 nitrogen and oxygen atoms in total. The van der Waals surface area contributed by atoms with E-state index in [4.69, 9.17) is 4.74 Å². The zero-order valence-electron chi connectivity index (χ0n) is 16.4. The minimum Gasteiger partial charge on any atom is -0.496 e. The van der Waals surface area contributed by atoms with Crippen LogP contribution < -0.4 is 4.74 Å². The Morgan fingerprint density at radius 2 is 1.85 bits per heavy atom. The van der Waals surface area contributed by atoms with E-state index in [1.165, 1.54) is 5.56 Å². The molecule has 0 N–H and O–H groups in total. The van der Waals surface area contributed by atoms with E-state index in [1.54, 1.807) is 13.2 Å². The molecular weight excluding hydrogens is 320 g/mol. The predicted molar refractivity (Wildman–Crippen MR) is 112 cm³/mol. The van der Waals surface area contributed by atoms with Crippen LogP contribution in [0.25, 0.3) is 6.08 Å². The second-order valence-corrected chi connectivity index (χ2v) is 6.02. The Morgan fingerprint density at radius 1 is 1.15 bits per heavy atom. The molecule has 0 spiro atoms. The van der Waals surface area contributed by atoms with Crippen LogP contribution in [0.5, 0.6) is 5.75 Å². The van der Waals surface area contributed by atoms with E-state index in [2.05, 4.69) is 19.6 Å². The molecule has 0 aromatic heterocycles. The minimum absolute atomic E-state index is 0.103. The van der Waals surface area contributed by atoms with Crippen LogP contribution in [0.15, 0.2) is 67.3 Å². The molecule has 0 amide bonds. The summed E-state index contributed by atoms with van der Waals surface area (Å²) in [4.78, 5) is 11.5. The molecule has 0 heterocycles. The molecule has 2 rings (SSSR count). The summed E-state index contributed by atoms with van der Waals surface area (Å²) >= 11 is 0. The summed E-state index contributed by atoms with van der Waals surface area (Å²) in [6, 6.07) is 16.1. The number of ketones is 1. The largest absolute Gasteiger partial charge is 0.496 e. The number of hydrogen-bond donors (Lipinski definition) is 0. The van der Waals surface area contributed by atoms with Crippen molar-refractivity contribution in [2.24, 2.45) is 0 Å². The van der Waals surface area contributed by atoms with Crippen LogP contribution >= 0.6 is 0 Å². The molecule has 0 radical (unpaired) electrons. The van der Waals surface area contributed by atoms with Crippen LogP contribution in [0.1, 0.15) is 49.3 Å². The van der Waals surface area contributed by atoms with Crippen LogP contribution in [0.4, 0.5) is 0 Å². The third-order valence-electron chi connectivity index (χ3n) is 4.19. The third-order valence-corrected chi connectivity index (χ3v) is 4.19. The van der Waals surface area contributed by atoms with Gasteiger partial charge in [-0.25, -0.2) is 0 Å². The molecule has 0 saturated carbocycles. The van der Waals surface area contributed by atoms with Gasteiger partial charge in [0.05, 0.1) is 7.11 Å². The zero-order chi connectivity index (χ0) is 19.4. The van der Waals surface area contributed by atoms with Crippen molar-refractivity contribution < 1.29 is 9.53 Å². The Balaban J connectivity index is 0.000000260. The maximum Gasteiger partial charge on any atom is 0.140 e. The predicted octanol–water partition coefficient (Wildman–Crippen LogP) is 6.36. The third kappa shape index (κ3) is 6.72. The lowest BCUT2D eigenvalue weighted by Gasteiger charge is -2.12. The highest BCUT2D eigenvalue weighted by molar-refractivity contribution is 5.85. The number of benzene rings is 2. The summed E-state index contributed by atoms with van der Waals surface area (Å²) in [5, 5.41) is 0. The van der Waals surface area contributed by atoms with E-state index in [0.717, 1.165) is 23.3 Å². The van der Waals surface area contributed by atoms with Crippen molar-refractivity contribution in [2.75, 3.05) is 7.11 Å². The standard InChI is InChI=1S/C12H14O.C12H16O/c1-4-5-6-11-7-8-12(13-3)10(2)9-11;1-3-11(12(13)4-2)10-8-6-5-7-9-10/h4-9H,1H2,2-3H3;5-9,11H,3-4H2,1-2H3. The van der Waals surface area contributed by atoms with E-state index < -0.39 is 0 Å². The van der Waals surface area contributed by atoms with Crippen LogP contribution in [0.3, 0.4) is 0 Å². The summed E-state index contributed by atoms with van der Waals surface area (Å²) in [6.07, 6.45) is 7.23. The van der Waals surface area contributed by atoms with Gasteiger partial charge in [0, 0.05) is 12.3 Å². The molecule has 0 aliphatic heterocycles. The van der Waals surface area contributed by atoms with Gasteiger partial charge >= 0.3 is 0 Å². The Bertz CT molecular complexity index is 714. The van der Waals surface area contributed by atoms with Gasteiger partial charge in [-0.2, -0.15) is 0 Å². The average molecular weight is 351 g/mol. The van der Waals surface area contributed by atoms with Crippen molar-refractivity contribution in [2.45, 2.75) is 39.5 Å². The number of allylic oxidation sites excluding steroid dienone is 2. The quantitative estimate of drug-likeness (QED) is 0.543. The lowest BCUT2D eigenvalue weighted by atomic mass is 9.91. The first-order chi connectivity index (χ1) is 12.6. The van der Waals surface area contributed by atoms with Crippen LogP contribution in [-0.4, -0.2) is 12.9 Å². The monoisotopic (exact) mass is 350 g/mol. The molecule has 1 atom stereocenters. The van der Waals surface area contributed by atoms with Gasteiger partial charge in [0.25, 0.3) is 0 Å². The van der Waals surface area contributed by atoms with Gasteiger partial charge in [-0.3, -0.25) is 4.79 Å². The van der Waals surface area contributed by atoms with E-state index >= 15 is 0 Å². The highest BCUT2D eigenvalue weighted by Gasteiger charge is 2.15. The maximum absolute atomic E-state index is 11.5. The SMILES string of the molecule is C=CC=Cc1ccc(OC)c(C)c1.CCC(=O)C(CC)c1ccccc1. The van der Waals surface area contributed by atoms with Crippen molar-refractivity contribution in [3.8, 4) is 5.75 Å². The molecule has 0 aliphatic carbocycles. The number of hydrogen-bond acceptors (Lipinski definition) is 2. The van der Waals surface area contributed by atoms with E-state index in [1.807, 2.05) is 68.5 Å². The zero-order valence-corrected chi connectivity index (χ0v) is 16.4. The highest BCUT2D eigenvalue weighted by Crippen LogP contribution is 2.21. The Hall–Kier alpha value is -2.61. The van der Waals surface area contributed by atoms with Gasteiger partial charge in [0.15, 0.2) is 0 Å². The van der Waals surface area contributed by atoms with Crippen LogP contribution in [0, 0.1) is 6.92 Å². The molecule has 2 aromatic rings. The summed E-state index contributed by atoms with van der Waals surface area (Å²) in [5.41, 5.74) is 3.46. The number of carbonyl (C=O) groups is 1. The second kappa shape index (κ2) is 11.9. The summed E-state index contributed by atoms with van der Waals surface area (Å²) in [6.45, 7) is 9.64. The van der Waals surface area contributed by atoms with Gasteiger partial charge in [0.1, 0.15) is 11.5 Å². The Labute approximate surface area is 158 Å². The van der Waals surface area contributed by atoms with Crippen molar-refractivity contribution in [1.29, 1.82) is 0 Å². The van der Waals surface area contributed by atoms with Crippen molar-refractivity contribution in [3.05, 3.63) is 84.0 Å². The second-order valence-electron chi connectivity index (χ2n) is 6.02. The first-order valence-corrected chi connectivity index (χ1v) is 9.08. The van der Waals surface area contributed by atoms with Crippen LogP contribution in [-0.2, 0) is 4.79 Å². The number of Topliss-reactive ketones (excluding diaryl/α,β-unsaturated/α-hetero) is 1. The first-order valence-electron chi connectivity index (χ1n) is 9.08. The molecule has 0 bridgehead atoms. The van der Waals surface area contributed by atoms with Crippen molar-refractivity contribution in [3.63, 3.8) is 0 Å². The molecule has 26 heavy (non-hydrogen) atoms. The number of rotatable bonds is 7. The Kier molecular flexibility index (Phi) is 9.78. The molecule has 1 unspecified atom stereocenters. The van der Waals surface area contributed by atoms with Gasteiger partial charge in [-0.1, -0.05) is 75.1 Å². The van der Waals surface area contributed by atoms with Gasteiger partial charge in [-0.15, -0.1) is 0 Å². The normalized spacial score (nSPS) is 11.4. The number of aryl methyl sites for hydroxylation is 1. The summed E-state index contributed by atoms with van der Waals surface area (Å²) < 4.78 is 5.16. The van der Waals surface area contributed by atoms with Crippen molar-refractivity contribution in [1.82, 2.24) is 0 Å². The van der Waals surface area contributed by atoms with E-state index in [0.29, 0.717) is 12.2 Å². The topological polar surface area (TPSA) is 26.3 Å². The summed E-state index contributed by atoms with van der Waals surface area (Å²) in [7, 11) is 1.68. The molecule has 0 aliphatic rings. The van der Waals surface area contributed by atoms with Crippen LogP contribution in [0.2, 0.25) is 0 Å². The lowest BCUT2D eigenvalue weighted by Crippen LogP contribution is -2.09. The van der Waals surface area contributed by atoms with Crippen molar-refractivity contribution >= 4 is 11.9 Å². The minimum atomic E-state index is 0.103. The fraction of sp³-hybridized carbons (Fsp3) is 0.292. The lowest BCUT2D eigenvalue weighted by molar-refractivity contribution is -0.120. The molecule has 2 aromatic carbocycles. The number of carbonyl (C=O) groups excluding carboxylic acids is 1. The fourth-order valence-electron chi connectivity index (χ4n) is 2.77.